The van der Waals surface area contributed by atoms with Crippen LogP contribution in [0.3, 0.4) is 0 Å². The van der Waals surface area contributed by atoms with E-state index in [-0.39, 0.29) is 17.3 Å². The van der Waals surface area contributed by atoms with E-state index in [9.17, 15) is 13.2 Å². The van der Waals surface area contributed by atoms with Crippen LogP contribution in [0, 0.1) is 0 Å². The third-order valence-corrected chi connectivity index (χ3v) is 2.12. The van der Waals surface area contributed by atoms with Gasteiger partial charge in [-0.2, -0.15) is 18.3 Å². The molecule has 1 heterocycles. The fraction of sp³-hybridized carbons (Fsp3) is 0.375. The summed E-state index contributed by atoms with van der Waals surface area (Å²) < 4.78 is 38.2. The SMILES string of the molecule is Cn1nc(C(F)(F)F)c(C=CCO)c1Cl. The van der Waals surface area contributed by atoms with Crippen LogP contribution in [-0.2, 0) is 13.2 Å². The van der Waals surface area contributed by atoms with E-state index >= 15 is 0 Å². The summed E-state index contributed by atoms with van der Waals surface area (Å²) in [5.41, 5.74) is -1.29. The molecule has 15 heavy (non-hydrogen) atoms. The molecule has 1 N–H and O–H groups in total. The summed E-state index contributed by atoms with van der Waals surface area (Å²) in [7, 11) is 1.31. The van der Waals surface area contributed by atoms with Gasteiger partial charge in [0.15, 0.2) is 5.69 Å². The molecule has 1 rings (SSSR count). The molecule has 0 saturated heterocycles. The minimum Gasteiger partial charge on any atom is -0.392 e. The van der Waals surface area contributed by atoms with Gasteiger partial charge in [-0.15, -0.1) is 0 Å². The molecule has 0 atom stereocenters. The molecule has 0 radical (unpaired) electrons. The second-order valence-electron chi connectivity index (χ2n) is 2.76. The van der Waals surface area contributed by atoms with E-state index in [0.717, 1.165) is 16.8 Å². The van der Waals surface area contributed by atoms with Crippen LogP contribution in [0.1, 0.15) is 11.3 Å². The molecule has 84 valence electrons. The maximum atomic E-state index is 12.4. The predicted molar refractivity (Wildman–Crippen MR) is 49.3 cm³/mol. The first kappa shape index (κ1) is 12.1. The zero-order chi connectivity index (χ0) is 11.6. The summed E-state index contributed by atoms with van der Waals surface area (Å²) >= 11 is 5.62. The molecule has 0 aliphatic heterocycles. The maximum absolute atomic E-state index is 12.4. The first-order chi connectivity index (χ1) is 6.88. The van der Waals surface area contributed by atoms with Crippen LogP contribution in [0.15, 0.2) is 6.08 Å². The topological polar surface area (TPSA) is 38.0 Å². The zero-order valence-electron chi connectivity index (χ0n) is 7.72. The Morgan fingerprint density at radius 3 is 2.60 bits per heavy atom. The molecule has 3 nitrogen and oxygen atoms in total. The van der Waals surface area contributed by atoms with Gasteiger partial charge in [0.25, 0.3) is 0 Å². The van der Waals surface area contributed by atoms with Crippen molar-refractivity contribution in [2.75, 3.05) is 6.61 Å². The quantitative estimate of drug-likeness (QED) is 0.860. The van der Waals surface area contributed by atoms with Crippen molar-refractivity contribution >= 4 is 17.7 Å². The van der Waals surface area contributed by atoms with E-state index in [1.165, 1.54) is 7.05 Å². The first-order valence-electron chi connectivity index (χ1n) is 3.95. The molecule has 0 spiro atoms. The number of hydrogen-bond acceptors (Lipinski definition) is 2. The van der Waals surface area contributed by atoms with Crippen molar-refractivity contribution in [1.82, 2.24) is 9.78 Å². The minimum atomic E-state index is -4.56. The fourth-order valence-corrected chi connectivity index (χ4v) is 1.24. The van der Waals surface area contributed by atoms with Crippen LogP contribution in [-0.4, -0.2) is 21.5 Å². The average Bonchev–Trinajstić information content (AvgIpc) is 2.40. The molecule has 1 aromatic heterocycles. The molecule has 0 bridgehead atoms. The van der Waals surface area contributed by atoms with Gasteiger partial charge in [-0.05, 0) is 0 Å². The summed E-state index contributed by atoms with van der Waals surface area (Å²) in [6.45, 7) is -0.359. The van der Waals surface area contributed by atoms with Crippen molar-refractivity contribution in [2.45, 2.75) is 6.18 Å². The van der Waals surface area contributed by atoms with Crippen molar-refractivity contribution in [3.63, 3.8) is 0 Å². The van der Waals surface area contributed by atoms with E-state index in [1.807, 2.05) is 0 Å². The van der Waals surface area contributed by atoms with Crippen molar-refractivity contribution in [3.05, 3.63) is 22.5 Å². The van der Waals surface area contributed by atoms with Gasteiger partial charge in [-0.3, -0.25) is 4.68 Å². The highest BCUT2D eigenvalue weighted by atomic mass is 35.5. The molecule has 0 amide bonds. The lowest BCUT2D eigenvalue weighted by atomic mass is 10.2. The van der Waals surface area contributed by atoms with Crippen molar-refractivity contribution in [3.8, 4) is 0 Å². The van der Waals surface area contributed by atoms with Gasteiger partial charge in [-0.1, -0.05) is 23.8 Å². The molecular formula is C8H8ClF3N2O. The standard InChI is InChI=1S/C8H8ClF3N2O/c1-14-7(9)5(3-2-4-15)6(13-14)8(10,11)12/h2-3,15H,4H2,1H3. The molecule has 1 aromatic rings. The van der Waals surface area contributed by atoms with Gasteiger partial charge in [-0.25, -0.2) is 0 Å². The molecule has 0 saturated carbocycles. The van der Waals surface area contributed by atoms with Crippen LogP contribution in [0.4, 0.5) is 13.2 Å². The van der Waals surface area contributed by atoms with Gasteiger partial charge in [0.1, 0.15) is 5.15 Å². The lowest BCUT2D eigenvalue weighted by Gasteiger charge is -2.02. The molecule has 0 aromatic carbocycles. The third kappa shape index (κ3) is 2.51. The molecule has 0 fully saturated rings. The highest BCUT2D eigenvalue weighted by Gasteiger charge is 2.37. The molecule has 0 aliphatic carbocycles. The molecule has 0 aliphatic rings. The number of aromatic nitrogens is 2. The number of aliphatic hydroxyl groups is 1. The number of hydrogen-bond donors (Lipinski definition) is 1. The zero-order valence-corrected chi connectivity index (χ0v) is 8.47. The van der Waals surface area contributed by atoms with Gasteiger partial charge in [0, 0.05) is 12.6 Å². The number of nitrogens with zero attached hydrogens (tertiary/aromatic N) is 2. The van der Waals surface area contributed by atoms with Crippen molar-refractivity contribution in [1.29, 1.82) is 0 Å². The fourth-order valence-electron chi connectivity index (χ4n) is 1.05. The minimum absolute atomic E-state index is 0.118. The largest absolute Gasteiger partial charge is 0.435 e. The summed E-state index contributed by atoms with van der Waals surface area (Å²) in [4.78, 5) is 0. The van der Waals surface area contributed by atoms with Crippen LogP contribution in [0.25, 0.3) is 6.08 Å². The Morgan fingerprint density at radius 1 is 1.53 bits per heavy atom. The predicted octanol–water partition coefficient (Wildman–Crippen LogP) is 2.10. The summed E-state index contributed by atoms with van der Waals surface area (Å²) in [5.74, 6) is 0. The second kappa shape index (κ2) is 4.24. The normalized spacial score (nSPS) is 12.7. The summed E-state index contributed by atoms with van der Waals surface area (Å²) in [5, 5.41) is 11.6. The van der Waals surface area contributed by atoms with Crippen LogP contribution in [0.5, 0.6) is 0 Å². The van der Waals surface area contributed by atoms with Crippen molar-refractivity contribution < 1.29 is 18.3 Å². The van der Waals surface area contributed by atoms with E-state index in [2.05, 4.69) is 5.10 Å². The average molecular weight is 241 g/mol. The smallest absolute Gasteiger partial charge is 0.392 e. The summed E-state index contributed by atoms with van der Waals surface area (Å²) in [6, 6.07) is 0. The Labute approximate surface area is 88.8 Å². The number of aryl methyl sites for hydroxylation is 1. The second-order valence-corrected chi connectivity index (χ2v) is 3.12. The highest BCUT2D eigenvalue weighted by molar-refractivity contribution is 6.31. The lowest BCUT2D eigenvalue weighted by molar-refractivity contribution is -0.141. The lowest BCUT2D eigenvalue weighted by Crippen LogP contribution is -2.08. The van der Waals surface area contributed by atoms with E-state index in [4.69, 9.17) is 16.7 Å². The highest BCUT2D eigenvalue weighted by Crippen LogP contribution is 2.34. The number of aliphatic hydroxyl groups excluding tert-OH is 1. The van der Waals surface area contributed by atoms with Gasteiger partial charge >= 0.3 is 6.18 Å². The van der Waals surface area contributed by atoms with Crippen LogP contribution in [0.2, 0.25) is 5.15 Å². The van der Waals surface area contributed by atoms with Crippen LogP contribution < -0.4 is 0 Å². The molecule has 7 heteroatoms. The Kier molecular flexibility index (Phi) is 3.41. The number of rotatable bonds is 2. The Morgan fingerprint density at radius 2 is 2.13 bits per heavy atom. The van der Waals surface area contributed by atoms with E-state index < -0.39 is 11.9 Å². The molecular weight excluding hydrogens is 233 g/mol. The van der Waals surface area contributed by atoms with E-state index in [1.54, 1.807) is 0 Å². The Hall–Kier alpha value is -1.01. The monoisotopic (exact) mass is 240 g/mol. The third-order valence-electron chi connectivity index (χ3n) is 1.67. The van der Waals surface area contributed by atoms with Gasteiger partial charge in [0.2, 0.25) is 0 Å². The maximum Gasteiger partial charge on any atom is 0.435 e. The Balaban J connectivity index is 3.27. The molecule has 0 unspecified atom stereocenters. The van der Waals surface area contributed by atoms with Crippen LogP contribution >= 0.6 is 11.6 Å². The van der Waals surface area contributed by atoms with E-state index in [0.29, 0.717) is 0 Å². The first-order valence-corrected chi connectivity index (χ1v) is 4.32. The Bertz CT molecular complexity index is 384. The van der Waals surface area contributed by atoms with Gasteiger partial charge < -0.3 is 5.11 Å². The van der Waals surface area contributed by atoms with Crippen molar-refractivity contribution in [2.24, 2.45) is 7.05 Å². The van der Waals surface area contributed by atoms with Gasteiger partial charge in [0.05, 0.1) is 6.61 Å². The summed E-state index contributed by atoms with van der Waals surface area (Å²) in [6.07, 6.45) is -2.30. The number of halogens is 4. The number of alkyl halides is 3.